The highest BCUT2D eigenvalue weighted by atomic mass is 31.0. The van der Waals surface area contributed by atoms with Gasteiger partial charge in [-0.2, -0.15) is 0 Å². The number of rotatable bonds is 9. The van der Waals surface area contributed by atoms with Gasteiger partial charge in [-0.05, 0) is 13.0 Å². The second-order valence-electron chi connectivity index (χ2n) is 3.43. The highest BCUT2D eigenvalue weighted by Gasteiger charge is 1.89. The molecule has 0 heterocycles. The molecule has 1 unspecified atom stereocenters. The molecule has 0 radical (unpaired) electrons. The van der Waals surface area contributed by atoms with Crippen molar-refractivity contribution in [2.75, 3.05) is 6.54 Å². The summed E-state index contributed by atoms with van der Waals surface area (Å²) in [5.74, 6) is 0. The number of hydrogen-bond donors (Lipinski definition) is 1. The Balaban J connectivity index is 2.73. The predicted molar refractivity (Wildman–Crippen MR) is 60.3 cm³/mol. The molecule has 74 valence electrons. The van der Waals surface area contributed by atoms with Crippen LogP contribution >= 0.6 is 9.39 Å². The molecule has 0 aliphatic heterocycles. The van der Waals surface area contributed by atoms with Crippen LogP contribution in [0.25, 0.3) is 0 Å². The lowest BCUT2D eigenvalue weighted by Crippen LogP contribution is -1.98. The first-order valence-electron chi connectivity index (χ1n) is 5.35. The van der Waals surface area contributed by atoms with E-state index in [0.717, 1.165) is 6.54 Å². The molecule has 0 aromatic rings. The van der Waals surface area contributed by atoms with Crippen LogP contribution in [0.2, 0.25) is 0 Å². The molecule has 0 amide bonds. The summed E-state index contributed by atoms with van der Waals surface area (Å²) < 4.78 is 0. The van der Waals surface area contributed by atoms with Gasteiger partial charge in [0.15, 0.2) is 0 Å². The first-order valence-corrected chi connectivity index (χ1v) is 5.93. The molecule has 1 N–H and O–H groups in total. The lowest BCUT2D eigenvalue weighted by Gasteiger charge is -2.00. The third kappa shape index (κ3) is 10.4. The zero-order chi connectivity index (χ0) is 9.07. The fourth-order valence-electron chi connectivity index (χ4n) is 1.36. The average molecular weight is 189 g/mol. The molecule has 0 bridgehead atoms. The number of nitrogens with one attached hydrogen (secondary N) is 1. The van der Waals surface area contributed by atoms with Gasteiger partial charge in [0.05, 0.1) is 0 Å². The molecule has 0 aliphatic carbocycles. The van der Waals surface area contributed by atoms with Crippen molar-refractivity contribution in [3.05, 3.63) is 0 Å². The summed E-state index contributed by atoms with van der Waals surface area (Å²) in [6, 6.07) is 0. The van der Waals surface area contributed by atoms with Gasteiger partial charge >= 0.3 is 0 Å². The van der Waals surface area contributed by atoms with Crippen LogP contribution < -0.4 is 5.09 Å². The summed E-state index contributed by atoms with van der Waals surface area (Å²) in [7, 11) is 2.55. The van der Waals surface area contributed by atoms with Crippen LogP contribution in [0.15, 0.2) is 0 Å². The summed E-state index contributed by atoms with van der Waals surface area (Å²) in [5, 5.41) is 3.10. The molecule has 1 atom stereocenters. The molecule has 0 aromatic heterocycles. The van der Waals surface area contributed by atoms with E-state index < -0.39 is 0 Å². The summed E-state index contributed by atoms with van der Waals surface area (Å²) in [6.07, 6.45) is 11.3. The van der Waals surface area contributed by atoms with Crippen LogP contribution in [-0.4, -0.2) is 6.54 Å². The van der Waals surface area contributed by atoms with Crippen molar-refractivity contribution in [1.29, 1.82) is 0 Å². The minimum atomic E-state index is 1.15. The minimum absolute atomic E-state index is 1.15. The lowest BCUT2D eigenvalue weighted by molar-refractivity contribution is 0.575. The van der Waals surface area contributed by atoms with Crippen LogP contribution in [0.1, 0.15) is 58.3 Å². The van der Waals surface area contributed by atoms with E-state index >= 15 is 0 Å². The smallest absolute Gasteiger partial charge is 0.00144 e. The van der Waals surface area contributed by atoms with Gasteiger partial charge in [0.2, 0.25) is 0 Å². The standard InChI is InChI=1S/C10H24NP/c1-2-3-4-5-6-7-8-9-10-11-12/h11H,2-10,12H2,1H3. The number of unbranched alkanes of at least 4 members (excludes halogenated alkanes) is 7. The van der Waals surface area contributed by atoms with Crippen molar-refractivity contribution < 1.29 is 0 Å². The summed E-state index contributed by atoms with van der Waals surface area (Å²) in [6.45, 7) is 3.42. The summed E-state index contributed by atoms with van der Waals surface area (Å²) in [5.41, 5.74) is 0. The minimum Gasteiger partial charge on any atom is -0.301 e. The van der Waals surface area contributed by atoms with Crippen LogP contribution in [0.5, 0.6) is 0 Å². The highest BCUT2D eigenvalue weighted by molar-refractivity contribution is 7.13. The third-order valence-corrected chi connectivity index (χ3v) is 2.46. The maximum atomic E-state index is 3.10. The van der Waals surface area contributed by atoms with Gasteiger partial charge in [0.1, 0.15) is 0 Å². The maximum Gasteiger partial charge on any atom is -0.00144 e. The van der Waals surface area contributed by atoms with Gasteiger partial charge in [-0.1, -0.05) is 61.3 Å². The third-order valence-electron chi connectivity index (χ3n) is 2.17. The lowest BCUT2D eigenvalue weighted by atomic mass is 10.1. The quantitative estimate of drug-likeness (QED) is 0.432. The molecular formula is C10H24NP. The molecular weight excluding hydrogens is 165 g/mol. The summed E-state index contributed by atoms with van der Waals surface area (Å²) in [4.78, 5) is 0. The zero-order valence-corrected chi connectivity index (χ0v) is 9.60. The Hall–Kier alpha value is 0.390. The molecule has 0 spiro atoms. The van der Waals surface area contributed by atoms with E-state index in [2.05, 4.69) is 21.4 Å². The topological polar surface area (TPSA) is 12.0 Å². The molecule has 0 saturated heterocycles. The van der Waals surface area contributed by atoms with Gasteiger partial charge in [-0.15, -0.1) is 0 Å². The van der Waals surface area contributed by atoms with Gasteiger partial charge in [-0.3, -0.25) is 0 Å². The molecule has 0 aromatic carbocycles. The van der Waals surface area contributed by atoms with Crippen molar-refractivity contribution in [1.82, 2.24) is 5.09 Å². The van der Waals surface area contributed by atoms with Crippen molar-refractivity contribution in [3.63, 3.8) is 0 Å². The Kier molecular flexibility index (Phi) is 11.8. The largest absolute Gasteiger partial charge is 0.301 e. The fourth-order valence-corrected chi connectivity index (χ4v) is 1.57. The maximum absolute atomic E-state index is 3.10. The first kappa shape index (κ1) is 12.4. The van der Waals surface area contributed by atoms with Crippen LogP contribution in [0, 0.1) is 0 Å². The highest BCUT2D eigenvalue weighted by Crippen LogP contribution is 2.07. The van der Waals surface area contributed by atoms with Crippen molar-refractivity contribution in [2.45, 2.75) is 58.3 Å². The zero-order valence-electron chi connectivity index (χ0n) is 8.44. The predicted octanol–water partition coefficient (Wildman–Crippen LogP) is 3.51. The summed E-state index contributed by atoms with van der Waals surface area (Å²) >= 11 is 0. The molecule has 0 saturated carbocycles. The van der Waals surface area contributed by atoms with E-state index in [4.69, 9.17) is 0 Å². The Morgan fingerprint density at radius 3 is 1.83 bits per heavy atom. The monoisotopic (exact) mass is 189 g/mol. The Morgan fingerprint density at radius 2 is 1.33 bits per heavy atom. The van der Waals surface area contributed by atoms with E-state index in [1.54, 1.807) is 0 Å². The first-order chi connectivity index (χ1) is 5.91. The SMILES string of the molecule is CCCCCCCCCCNP. The average Bonchev–Trinajstić information content (AvgIpc) is 2.10. The molecule has 0 rings (SSSR count). The Morgan fingerprint density at radius 1 is 0.833 bits per heavy atom. The Bertz CT molecular complexity index is 66.2. The van der Waals surface area contributed by atoms with Gasteiger partial charge < -0.3 is 5.09 Å². The second-order valence-corrected chi connectivity index (χ2v) is 3.84. The normalized spacial score (nSPS) is 10.5. The van der Waals surface area contributed by atoms with E-state index in [1.165, 1.54) is 51.4 Å². The van der Waals surface area contributed by atoms with Crippen molar-refractivity contribution >= 4 is 9.39 Å². The van der Waals surface area contributed by atoms with Crippen molar-refractivity contribution in [3.8, 4) is 0 Å². The van der Waals surface area contributed by atoms with Crippen LogP contribution in [0.3, 0.4) is 0 Å². The molecule has 2 heteroatoms. The molecule has 12 heavy (non-hydrogen) atoms. The second kappa shape index (κ2) is 11.4. The fraction of sp³-hybridized carbons (Fsp3) is 1.00. The van der Waals surface area contributed by atoms with Gasteiger partial charge in [-0.25, -0.2) is 0 Å². The number of hydrogen-bond acceptors (Lipinski definition) is 1. The molecule has 0 fully saturated rings. The molecule has 0 aliphatic rings. The Labute approximate surface area is 80.0 Å². The van der Waals surface area contributed by atoms with E-state index in [-0.39, 0.29) is 0 Å². The van der Waals surface area contributed by atoms with E-state index in [1.807, 2.05) is 0 Å². The van der Waals surface area contributed by atoms with Gasteiger partial charge in [0, 0.05) is 0 Å². The van der Waals surface area contributed by atoms with E-state index in [9.17, 15) is 0 Å². The van der Waals surface area contributed by atoms with Gasteiger partial charge in [0.25, 0.3) is 0 Å². The molecule has 1 nitrogen and oxygen atoms in total. The van der Waals surface area contributed by atoms with Crippen molar-refractivity contribution in [2.24, 2.45) is 0 Å². The van der Waals surface area contributed by atoms with Crippen LogP contribution in [-0.2, 0) is 0 Å². The van der Waals surface area contributed by atoms with E-state index in [0.29, 0.717) is 0 Å². The van der Waals surface area contributed by atoms with Crippen LogP contribution in [0.4, 0.5) is 0 Å².